The van der Waals surface area contributed by atoms with E-state index >= 15 is 0 Å². The number of benzene rings is 2. The molecule has 0 aliphatic carbocycles. The zero-order chi connectivity index (χ0) is 21.0. The zero-order valence-corrected chi connectivity index (χ0v) is 17.6. The first-order valence-corrected chi connectivity index (χ1v) is 10.0. The lowest BCUT2D eigenvalue weighted by atomic mass is 9.85. The molecular weight excluding hydrogens is 388 g/mol. The van der Waals surface area contributed by atoms with Crippen LogP contribution in [0.15, 0.2) is 48.5 Å². The number of methoxy groups -OCH3 is 1. The number of halogens is 1. The highest BCUT2D eigenvalue weighted by Gasteiger charge is 2.28. The minimum Gasteiger partial charge on any atom is -0.497 e. The van der Waals surface area contributed by atoms with Gasteiger partial charge in [-0.2, -0.15) is 0 Å². The molecule has 0 radical (unpaired) electrons. The summed E-state index contributed by atoms with van der Waals surface area (Å²) in [6.45, 7) is 4.22. The lowest BCUT2D eigenvalue weighted by Gasteiger charge is -2.35. The van der Waals surface area contributed by atoms with Gasteiger partial charge in [0.1, 0.15) is 5.75 Å². The maximum atomic E-state index is 12.9. The fraction of sp³-hybridized carbons (Fsp3) is 0.304. The van der Waals surface area contributed by atoms with Crippen LogP contribution in [0.4, 0.5) is 5.69 Å². The molecule has 3 rings (SSSR count). The van der Waals surface area contributed by atoms with Crippen molar-refractivity contribution in [1.29, 1.82) is 0 Å². The van der Waals surface area contributed by atoms with Gasteiger partial charge in [0.2, 0.25) is 5.91 Å². The Hall–Kier alpha value is -2.79. The SMILES string of the molecule is COc1ccc2c(c1)C(=CC(=O)c1ccc(NC(=O)CCCl)cc1)NC(C)(C)C2. The number of hydrogen-bond donors (Lipinski definition) is 2. The normalized spacial score (nSPS) is 15.9. The summed E-state index contributed by atoms with van der Waals surface area (Å²) >= 11 is 5.57. The van der Waals surface area contributed by atoms with Gasteiger partial charge in [-0.1, -0.05) is 6.07 Å². The number of amides is 1. The third-order valence-electron chi connectivity index (χ3n) is 4.76. The molecule has 2 aromatic rings. The number of alkyl halides is 1. The average Bonchev–Trinajstić information content (AvgIpc) is 2.67. The van der Waals surface area contributed by atoms with E-state index in [9.17, 15) is 9.59 Å². The molecule has 152 valence electrons. The molecule has 6 heteroatoms. The van der Waals surface area contributed by atoms with Crippen LogP contribution in [0.25, 0.3) is 5.70 Å². The lowest BCUT2D eigenvalue weighted by Crippen LogP contribution is -2.43. The standard InChI is InChI=1S/C23H25ClN2O3/c1-23(2)14-16-6-9-18(29-3)12-19(16)20(26-23)13-21(27)15-4-7-17(8-5-15)25-22(28)10-11-24/h4-9,12-13,26H,10-11,14H2,1-3H3,(H,25,28). The molecule has 2 N–H and O–H groups in total. The van der Waals surface area contributed by atoms with E-state index in [-0.39, 0.29) is 29.5 Å². The summed E-state index contributed by atoms with van der Waals surface area (Å²) in [5.41, 5.74) is 3.94. The summed E-state index contributed by atoms with van der Waals surface area (Å²) in [5, 5.41) is 6.22. The number of nitrogens with one attached hydrogen (secondary N) is 2. The Morgan fingerprint density at radius 2 is 1.93 bits per heavy atom. The van der Waals surface area contributed by atoms with Crippen molar-refractivity contribution in [2.24, 2.45) is 0 Å². The highest BCUT2D eigenvalue weighted by molar-refractivity contribution is 6.19. The van der Waals surface area contributed by atoms with Crippen molar-refractivity contribution in [3.8, 4) is 5.75 Å². The van der Waals surface area contributed by atoms with Crippen LogP contribution in [0, 0.1) is 0 Å². The van der Waals surface area contributed by atoms with Crippen LogP contribution >= 0.6 is 11.6 Å². The molecule has 1 aliphatic heterocycles. The maximum Gasteiger partial charge on any atom is 0.225 e. The summed E-state index contributed by atoms with van der Waals surface area (Å²) in [6.07, 6.45) is 2.73. The van der Waals surface area contributed by atoms with Crippen molar-refractivity contribution in [3.63, 3.8) is 0 Å². The molecule has 1 heterocycles. The topological polar surface area (TPSA) is 67.4 Å². The molecule has 1 amide bonds. The van der Waals surface area contributed by atoms with E-state index in [1.54, 1.807) is 37.5 Å². The number of fused-ring (bicyclic) bond motifs is 1. The second-order valence-electron chi connectivity index (χ2n) is 7.70. The Bertz CT molecular complexity index is 949. The summed E-state index contributed by atoms with van der Waals surface area (Å²) in [6, 6.07) is 12.8. The number of hydrogen-bond acceptors (Lipinski definition) is 4. The largest absolute Gasteiger partial charge is 0.497 e. The third-order valence-corrected chi connectivity index (χ3v) is 4.95. The van der Waals surface area contributed by atoms with E-state index in [4.69, 9.17) is 16.3 Å². The average molecular weight is 413 g/mol. The fourth-order valence-electron chi connectivity index (χ4n) is 3.40. The zero-order valence-electron chi connectivity index (χ0n) is 16.8. The van der Waals surface area contributed by atoms with Gasteiger partial charge in [-0.05, 0) is 62.2 Å². The smallest absolute Gasteiger partial charge is 0.225 e. The van der Waals surface area contributed by atoms with Gasteiger partial charge in [0.15, 0.2) is 5.78 Å². The van der Waals surface area contributed by atoms with E-state index in [0.717, 1.165) is 23.4 Å². The number of ketones is 1. The Morgan fingerprint density at radius 3 is 2.59 bits per heavy atom. The first-order chi connectivity index (χ1) is 13.8. The predicted octanol–water partition coefficient (Wildman–Crippen LogP) is 4.41. The summed E-state index contributed by atoms with van der Waals surface area (Å²) in [5.74, 6) is 0.754. The number of carbonyl (C=O) groups excluding carboxylic acids is 2. The van der Waals surface area contributed by atoms with Crippen LogP contribution in [0.3, 0.4) is 0 Å². The summed E-state index contributed by atoms with van der Waals surface area (Å²) in [7, 11) is 1.63. The number of ether oxygens (including phenoxy) is 1. The van der Waals surface area contributed by atoms with Crippen molar-refractivity contribution in [3.05, 3.63) is 65.2 Å². The molecule has 0 saturated carbocycles. The van der Waals surface area contributed by atoms with E-state index in [1.807, 2.05) is 18.2 Å². The number of allylic oxidation sites excluding steroid dienone is 1. The molecule has 0 atom stereocenters. The highest BCUT2D eigenvalue weighted by atomic mass is 35.5. The van der Waals surface area contributed by atoms with Gasteiger partial charge in [0.25, 0.3) is 0 Å². The summed E-state index contributed by atoms with van der Waals surface area (Å²) < 4.78 is 5.35. The van der Waals surface area contributed by atoms with Gasteiger partial charge in [0.05, 0.1) is 7.11 Å². The molecule has 0 spiro atoms. The Morgan fingerprint density at radius 1 is 1.21 bits per heavy atom. The fourth-order valence-corrected chi connectivity index (χ4v) is 3.57. The van der Waals surface area contributed by atoms with Crippen LogP contribution in [0.2, 0.25) is 0 Å². The molecule has 0 unspecified atom stereocenters. The second-order valence-corrected chi connectivity index (χ2v) is 8.07. The van der Waals surface area contributed by atoms with Crippen molar-refractivity contribution in [2.75, 3.05) is 18.3 Å². The molecule has 29 heavy (non-hydrogen) atoms. The summed E-state index contributed by atoms with van der Waals surface area (Å²) in [4.78, 5) is 24.5. The van der Waals surface area contributed by atoms with Gasteiger partial charge in [-0.15, -0.1) is 11.6 Å². The van der Waals surface area contributed by atoms with Crippen LogP contribution in [0.1, 0.15) is 41.8 Å². The predicted molar refractivity (Wildman–Crippen MR) is 117 cm³/mol. The van der Waals surface area contributed by atoms with Crippen LogP contribution in [0.5, 0.6) is 5.75 Å². The quantitative estimate of drug-likeness (QED) is 0.419. The molecule has 1 aliphatic rings. The number of anilines is 1. The van der Waals surface area contributed by atoms with E-state index in [1.165, 1.54) is 5.56 Å². The molecule has 2 aromatic carbocycles. The molecule has 0 aromatic heterocycles. The lowest BCUT2D eigenvalue weighted by molar-refractivity contribution is -0.115. The monoisotopic (exact) mass is 412 g/mol. The molecule has 0 fully saturated rings. The van der Waals surface area contributed by atoms with E-state index in [2.05, 4.69) is 24.5 Å². The molecule has 5 nitrogen and oxygen atoms in total. The van der Waals surface area contributed by atoms with Crippen LogP contribution in [-0.2, 0) is 11.2 Å². The minimum absolute atomic E-state index is 0.113. The van der Waals surface area contributed by atoms with Crippen LogP contribution in [-0.4, -0.2) is 30.2 Å². The molecule has 0 saturated heterocycles. The van der Waals surface area contributed by atoms with Gasteiger partial charge in [-0.25, -0.2) is 0 Å². The number of rotatable bonds is 6. The first kappa shape index (κ1) is 20.9. The van der Waals surface area contributed by atoms with Crippen molar-refractivity contribution < 1.29 is 14.3 Å². The van der Waals surface area contributed by atoms with Gasteiger partial charge in [-0.3, -0.25) is 9.59 Å². The van der Waals surface area contributed by atoms with E-state index < -0.39 is 0 Å². The third kappa shape index (κ3) is 5.18. The Balaban J connectivity index is 1.85. The molecule has 0 bridgehead atoms. The minimum atomic E-state index is -0.162. The van der Waals surface area contributed by atoms with E-state index in [0.29, 0.717) is 11.3 Å². The van der Waals surface area contributed by atoms with Crippen molar-refractivity contribution in [2.45, 2.75) is 32.2 Å². The molecular formula is C23H25ClN2O3. The van der Waals surface area contributed by atoms with Gasteiger partial charge >= 0.3 is 0 Å². The first-order valence-electron chi connectivity index (χ1n) is 9.49. The second kappa shape index (κ2) is 8.70. The Kier molecular flexibility index (Phi) is 6.28. The van der Waals surface area contributed by atoms with Crippen molar-refractivity contribution in [1.82, 2.24) is 5.32 Å². The maximum absolute atomic E-state index is 12.9. The van der Waals surface area contributed by atoms with Crippen LogP contribution < -0.4 is 15.4 Å². The Labute approximate surface area is 176 Å². The van der Waals surface area contributed by atoms with Gasteiger partial charge in [0, 0.05) is 46.4 Å². The van der Waals surface area contributed by atoms with Gasteiger partial charge < -0.3 is 15.4 Å². The number of carbonyl (C=O) groups is 2. The van der Waals surface area contributed by atoms with Crippen molar-refractivity contribution >= 4 is 34.7 Å². The highest BCUT2D eigenvalue weighted by Crippen LogP contribution is 2.32.